The zero-order valence-electron chi connectivity index (χ0n) is 32.6. The van der Waals surface area contributed by atoms with E-state index in [1.165, 1.54) is 89.9 Å². The standard InChI is InChI=1S/C45H78O5/c1-3-5-7-9-11-13-15-17-19-21-22-24-25-27-29-31-33-35-37-39-44(47)49-42-43(41-46)50-45(48)40-38-36-34-32-30-28-26-23-20-18-16-14-12-10-8-6-4-2/h6,8,12,14,17-20,26,28,43,46H,3-5,7,9-11,13,15-16,21-25,27,29-42H2,1-2H3/b8-6-,14-12-,19-17-,20-18-,28-26-. The van der Waals surface area contributed by atoms with Crippen LogP contribution >= 0.6 is 0 Å². The van der Waals surface area contributed by atoms with Crippen LogP contribution in [0.2, 0.25) is 0 Å². The van der Waals surface area contributed by atoms with Gasteiger partial charge in [0.2, 0.25) is 0 Å². The van der Waals surface area contributed by atoms with Crippen LogP contribution in [0.4, 0.5) is 0 Å². The largest absolute Gasteiger partial charge is 0.462 e. The van der Waals surface area contributed by atoms with Crippen LogP contribution in [0.1, 0.15) is 194 Å². The van der Waals surface area contributed by atoms with Crippen LogP contribution < -0.4 is 0 Å². The van der Waals surface area contributed by atoms with Gasteiger partial charge in [0.05, 0.1) is 6.61 Å². The fraction of sp³-hybridized carbons (Fsp3) is 0.733. The highest BCUT2D eigenvalue weighted by molar-refractivity contribution is 5.70. The molecule has 0 saturated heterocycles. The van der Waals surface area contributed by atoms with Crippen molar-refractivity contribution in [1.29, 1.82) is 0 Å². The zero-order valence-corrected chi connectivity index (χ0v) is 32.6. The Morgan fingerprint density at radius 1 is 0.480 bits per heavy atom. The molecule has 0 aromatic carbocycles. The van der Waals surface area contributed by atoms with Crippen LogP contribution in [0.5, 0.6) is 0 Å². The van der Waals surface area contributed by atoms with E-state index >= 15 is 0 Å². The Morgan fingerprint density at radius 3 is 1.32 bits per heavy atom. The van der Waals surface area contributed by atoms with E-state index in [0.717, 1.165) is 77.0 Å². The third-order valence-electron chi connectivity index (χ3n) is 8.80. The van der Waals surface area contributed by atoms with Crippen molar-refractivity contribution in [2.45, 2.75) is 200 Å². The molecule has 1 atom stereocenters. The summed E-state index contributed by atoms with van der Waals surface area (Å²) in [6.45, 7) is 4.00. The molecule has 0 radical (unpaired) electrons. The number of rotatable bonds is 37. The molecule has 0 aromatic rings. The maximum atomic E-state index is 12.2. The summed E-state index contributed by atoms with van der Waals surface area (Å²) in [5.74, 6) is -0.622. The smallest absolute Gasteiger partial charge is 0.306 e. The van der Waals surface area contributed by atoms with Gasteiger partial charge in [-0.1, -0.05) is 164 Å². The van der Waals surface area contributed by atoms with Crippen molar-refractivity contribution in [3.8, 4) is 0 Å². The lowest BCUT2D eigenvalue weighted by molar-refractivity contribution is -0.161. The van der Waals surface area contributed by atoms with E-state index in [0.29, 0.717) is 12.8 Å². The van der Waals surface area contributed by atoms with E-state index in [4.69, 9.17) is 9.47 Å². The van der Waals surface area contributed by atoms with Gasteiger partial charge in [0.1, 0.15) is 6.61 Å². The maximum Gasteiger partial charge on any atom is 0.306 e. The lowest BCUT2D eigenvalue weighted by atomic mass is 10.1. The molecule has 0 saturated carbocycles. The minimum absolute atomic E-state index is 0.0785. The first-order valence-corrected chi connectivity index (χ1v) is 20.8. The monoisotopic (exact) mass is 699 g/mol. The molecule has 1 N–H and O–H groups in total. The summed E-state index contributed by atoms with van der Waals surface area (Å²) in [6, 6.07) is 0. The molecular formula is C45H78O5. The van der Waals surface area contributed by atoms with Crippen molar-refractivity contribution < 1.29 is 24.2 Å². The van der Waals surface area contributed by atoms with Crippen molar-refractivity contribution in [2.24, 2.45) is 0 Å². The molecule has 0 rings (SSSR count). The molecule has 0 amide bonds. The van der Waals surface area contributed by atoms with Crippen LogP contribution in [0.15, 0.2) is 60.8 Å². The van der Waals surface area contributed by atoms with Gasteiger partial charge in [0, 0.05) is 12.8 Å². The zero-order chi connectivity index (χ0) is 36.4. The first kappa shape index (κ1) is 47.6. The molecule has 0 aliphatic heterocycles. The van der Waals surface area contributed by atoms with Crippen LogP contribution in [-0.2, 0) is 19.1 Å². The summed E-state index contributed by atoms with van der Waals surface area (Å²) in [7, 11) is 0. The fourth-order valence-electron chi connectivity index (χ4n) is 5.66. The third-order valence-corrected chi connectivity index (χ3v) is 8.80. The highest BCUT2D eigenvalue weighted by Crippen LogP contribution is 2.13. The van der Waals surface area contributed by atoms with Crippen molar-refractivity contribution in [1.82, 2.24) is 0 Å². The summed E-state index contributed by atoms with van der Waals surface area (Å²) < 4.78 is 10.6. The Hall–Kier alpha value is -2.40. The lowest BCUT2D eigenvalue weighted by Gasteiger charge is -2.15. The predicted molar refractivity (Wildman–Crippen MR) is 214 cm³/mol. The summed E-state index contributed by atoms with van der Waals surface area (Å²) in [5.41, 5.74) is 0. The van der Waals surface area contributed by atoms with Crippen LogP contribution in [0.3, 0.4) is 0 Å². The van der Waals surface area contributed by atoms with Gasteiger partial charge in [0.15, 0.2) is 6.10 Å². The predicted octanol–water partition coefficient (Wildman–Crippen LogP) is 13.2. The number of unbranched alkanes of at least 4 members (excludes halogenated alkanes) is 19. The molecular weight excluding hydrogens is 620 g/mol. The number of esters is 2. The molecule has 5 heteroatoms. The highest BCUT2D eigenvalue weighted by Gasteiger charge is 2.16. The fourth-order valence-corrected chi connectivity index (χ4v) is 5.66. The van der Waals surface area contributed by atoms with E-state index in [1.54, 1.807) is 0 Å². The molecule has 0 aliphatic carbocycles. The van der Waals surface area contributed by atoms with Crippen LogP contribution in [0.25, 0.3) is 0 Å². The Labute approximate surface area is 309 Å². The number of carbonyl (C=O) groups is 2. The molecule has 0 aromatic heterocycles. The normalized spacial score (nSPS) is 12.8. The van der Waals surface area contributed by atoms with E-state index in [9.17, 15) is 14.7 Å². The quantitative estimate of drug-likeness (QED) is 0.0397. The van der Waals surface area contributed by atoms with E-state index < -0.39 is 6.10 Å². The number of ether oxygens (including phenoxy) is 2. The second-order valence-electron chi connectivity index (χ2n) is 13.7. The van der Waals surface area contributed by atoms with Gasteiger partial charge in [-0.05, 0) is 77.0 Å². The van der Waals surface area contributed by atoms with Gasteiger partial charge >= 0.3 is 11.9 Å². The Morgan fingerprint density at radius 2 is 0.860 bits per heavy atom. The molecule has 1 unspecified atom stereocenters. The van der Waals surface area contributed by atoms with Gasteiger partial charge < -0.3 is 14.6 Å². The Bertz CT molecular complexity index is 884. The number of allylic oxidation sites excluding steroid dienone is 10. The molecule has 288 valence electrons. The van der Waals surface area contributed by atoms with E-state index in [-0.39, 0.29) is 25.2 Å². The average molecular weight is 699 g/mol. The average Bonchev–Trinajstić information content (AvgIpc) is 3.12. The van der Waals surface area contributed by atoms with E-state index in [2.05, 4.69) is 74.6 Å². The molecule has 0 aliphatic rings. The second-order valence-corrected chi connectivity index (χ2v) is 13.7. The number of hydrogen-bond donors (Lipinski definition) is 1. The minimum Gasteiger partial charge on any atom is -0.462 e. The van der Waals surface area contributed by atoms with Crippen molar-refractivity contribution in [3.05, 3.63) is 60.8 Å². The van der Waals surface area contributed by atoms with Gasteiger partial charge in [0.25, 0.3) is 0 Å². The molecule has 0 spiro atoms. The first-order valence-electron chi connectivity index (χ1n) is 20.8. The summed E-state index contributed by atoms with van der Waals surface area (Å²) in [5, 5.41) is 9.57. The summed E-state index contributed by atoms with van der Waals surface area (Å²) >= 11 is 0. The Balaban J connectivity index is 3.59. The third kappa shape index (κ3) is 38.4. The molecule has 0 bridgehead atoms. The number of aliphatic hydroxyl groups is 1. The number of aliphatic hydroxyl groups excluding tert-OH is 1. The second kappa shape index (κ2) is 41.0. The molecule has 0 fully saturated rings. The van der Waals surface area contributed by atoms with Gasteiger partial charge in [-0.2, -0.15) is 0 Å². The minimum atomic E-state index is -0.786. The maximum absolute atomic E-state index is 12.2. The van der Waals surface area contributed by atoms with E-state index in [1.807, 2.05) is 0 Å². The Kier molecular flexibility index (Phi) is 39.1. The summed E-state index contributed by atoms with van der Waals surface area (Å²) in [6.07, 6.45) is 52.8. The van der Waals surface area contributed by atoms with Crippen molar-refractivity contribution in [2.75, 3.05) is 13.2 Å². The van der Waals surface area contributed by atoms with Gasteiger partial charge in [-0.3, -0.25) is 9.59 Å². The van der Waals surface area contributed by atoms with Crippen molar-refractivity contribution in [3.63, 3.8) is 0 Å². The number of hydrogen-bond acceptors (Lipinski definition) is 5. The molecule has 5 nitrogen and oxygen atoms in total. The topological polar surface area (TPSA) is 72.8 Å². The summed E-state index contributed by atoms with van der Waals surface area (Å²) in [4.78, 5) is 24.3. The molecule has 0 heterocycles. The van der Waals surface area contributed by atoms with Crippen LogP contribution in [0, 0.1) is 0 Å². The lowest BCUT2D eigenvalue weighted by Crippen LogP contribution is -2.28. The van der Waals surface area contributed by atoms with Crippen LogP contribution in [-0.4, -0.2) is 36.4 Å². The van der Waals surface area contributed by atoms with Crippen molar-refractivity contribution >= 4 is 11.9 Å². The number of carbonyl (C=O) groups excluding carboxylic acids is 2. The molecule has 50 heavy (non-hydrogen) atoms. The SMILES string of the molecule is CC/C=C\C/C=C\C/C=C\C/C=C\CCCCCCC(=O)OC(CO)COC(=O)CCCCCCCCCCC/C=C\CCCCCCCC. The van der Waals surface area contributed by atoms with Gasteiger partial charge in [-0.15, -0.1) is 0 Å². The van der Waals surface area contributed by atoms with Gasteiger partial charge in [-0.25, -0.2) is 0 Å². The highest BCUT2D eigenvalue weighted by atomic mass is 16.6. The first-order chi connectivity index (χ1) is 24.6.